The highest BCUT2D eigenvalue weighted by atomic mass is 35.5. The Morgan fingerprint density at radius 1 is 1.17 bits per heavy atom. The number of carbonyl (C=O) groups excluding carboxylic acids is 1. The molecule has 1 amide bonds. The molecular weight excluding hydrogens is 324 g/mol. The first kappa shape index (κ1) is 16.6. The van der Waals surface area contributed by atoms with E-state index in [9.17, 15) is 14.9 Å². The lowest BCUT2D eigenvalue weighted by Gasteiger charge is -2.12. The van der Waals surface area contributed by atoms with Gasteiger partial charge in [-0.15, -0.1) is 0 Å². The predicted molar refractivity (Wildman–Crippen MR) is 85.6 cm³/mol. The third kappa shape index (κ3) is 3.70. The molecule has 0 unspecified atom stereocenters. The van der Waals surface area contributed by atoms with Crippen LogP contribution in [0.5, 0.6) is 11.5 Å². The number of halogens is 1. The van der Waals surface area contributed by atoms with Crippen LogP contribution in [0.15, 0.2) is 36.4 Å². The summed E-state index contributed by atoms with van der Waals surface area (Å²) in [7, 11) is 2.98. The summed E-state index contributed by atoms with van der Waals surface area (Å²) in [6.07, 6.45) is 0. The van der Waals surface area contributed by atoms with Crippen molar-refractivity contribution in [3.8, 4) is 11.5 Å². The summed E-state index contributed by atoms with van der Waals surface area (Å²) in [5, 5.41) is 13.3. The van der Waals surface area contributed by atoms with Crippen LogP contribution in [0, 0.1) is 10.1 Å². The zero-order valence-electron chi connectivity index (χ0n) is 12.3. The molecule has 0 aliphatic carbocycles. The fourth-order valence-electron chi connectivity index (χ4n) is 1.89. The van der Waals surface area contributed by atoms with E-state index in [0.717, 1.165) is 6.07 Å². The van der Waals surface area contributed by atoms with Gasteiger partial charge in [0.25, 0.3) is 11.6 Å². The van der Waals surface area contributed by atoms with E-state index >= 15 is 0 Å². The normalized spacial score (nSPS) is 10.0. The number of non-ortho nitro benzene ring substituents is 1. The molecule has 7 nitrogen and oxygen atoms in total. The van der Waals surface area contributed by atoms with E-state index in [4.69, 9.17) is 21.1 Å². The predicted octanol–water partition coefficient (Wildman–Crippen LogP) is 3.52. The quantitative estimate of drug-likeness (QED) is 0.666. The van der Waals surface area contributed by atoms with Gasteiger partial charge in [-0.3, -0.25) is 14.9 Å². The number of nitrogens with one attached hydrogen (secondary N) is 1. The number of benzene rings is 2. The summed E-state index contributed by atoms with van der Waals surface area (Å²) < 4.78 is 10.3. The van der Waals surface area contributed by atoms with Crippen LogP contribution < -0.4 is 14.8 Å². The van der Waals surface area contributed by atoms with Gasteiger partial charge in [0.2, 0.25) is 0 Å². The van der Waals surface area contributed by atoms with Crippen molar-refractivity contribution in [1.82, 2.24) is 0 Å². The number of rotatable bonds is 5. The van der Waals surface area contributed by atoms with Gasteiger partial charge in [-0.1, -0.05) is 11.6 Å². The Bertz CT molecular complexity index is 764. The molecule has 0 fully saturated rings. The van der Waals surface area contributed by atoms with Crippen LogP contribution in [0.2, 0.25) is 5.02 Å². The number of amides is 1. The van der Waals surface area contributed by atoms with E-state index in [2.05, 4.69) is 5.32 Å². The van der Waals surface area contributed by atoms with Crippen LogP contribution in [-0.2, 0) is 0 Å². The molecule has 1 N–H and O–H groups in total. The maximum absolute atomic E-state index is 12.3. The number of hydrogen-bond donors (Lipinski definition) is 1. The minimum atomic E-state index is -0.583. The summed E-state index contributed by atoms with van der Waals surface area (Å²) in [4.78, 5) is 22.4. The Morgan fingerprint density at radius 2 is 1.91 bits per heavy atom. The molecule has 0 atom stereocenters. The Hall–Kier alpha value is -2.80. The Balaban J connectivity index is 2.27. The van der Waals surface area contributed by atoms with Gasteiger partial charge in [0.05, 0.1) is 35.4 Å². The largest absolute Gasteiger partial charge is 0.497 e. The number of nitro groups is 1. The van der Waals surface area contributed by atoms with Crippen molar-refractivity contribution in [2.24, 2.45) is 0 Å². The smallest absolute Gasteiger partial charge is 0.270 e. The fourth-order valence-corrected chi connectivity index (χ4v) is 2.15. The molecule has 8 heteroatoms. The molecule has 23 heavy (non-hydrogen) atoms. The second-order valence-corrected chi connectivity index (χ2v) is 4.85. The maximum Gasteiger partial charge on any atom is 0.270 e. The SMILES string of the molecule is COc1ccc(NC(=O)c2ccc([N+](=O)[O-])cc2Cl)c(OC)c1. The third-order valence-electron chi connectivity index (χ3n) is 3.07. The first-order valence-corrected chi connectivity index (χ1v) is 6.81. The zero-order valence-corrected chi connectivity index (χ0v) is 13.1. The summed E-state index contributed by atoms with van der Waals surface area (Å²) in [5.41, 5.74) is 0.358. The summed E-state index contributed by atoms with van der Waals surface area (Å²) in [6, 6.07) is 8.54. The Morgan fingerprint density at radius 3 is 2.48 bits per heavy atom. The van der Waals surface area contributed by atoms with Gasteiger partial charge >= 0.3 is 0 Å². The lowest BCUT2D eigenvalue weighted by molar-refractivity contribution is -0.384. The lowest BCUT2D eigenvalue weighted by atomic mass is 10.2. The van der Waals surface area contributed by atoms with Crippen molar-refractivity contribution in [2.45, 2.75) is 0 Å². The van der Waals surface area contributed by atoms with Gasteiger partial charge in [-0.2, -0.15) is 0 Å². The average Bonchev–Trinajstić information content (AvgIpc) is 2.54. The van der Waals surface area contributed by atoms with E-state index in [-0.39, 0.29) is 16.3 Å². The number of methoxy groups -OCH3 is 2. The van der Waals surface area contributed by atoms with Gasteiger partial charge in [0, 0.05) is 18.2 Å². The molecule has 0 aromatic heterocycles. The molecule has 0 saturated carbocycles. The molecule has 0 aliphatic rings. The minimum Gasteiger partial charge on any atom is -0.497 e. The number of anilines is 1. The highest BCUT2D eigenvalue weighted by molar-refractivity contribution is 6.34. The number of hydrogen-bond acceptors (Lipinski definition) is 5. The highest BCUT2D eigenvalue weighted by Crippen LogP contribution is 2.30. The van der Waals surface area contributed by atoms with Crippen LogP contribution in [0.4, 0.5) is 11.4 Å². The fraction of sp³-hybridized carbons (Fsp3) is 0.133. The molecule has 2 rings (SSSR count). The van der Waals surface area contributed by atoms with E-state index in [1.165, 1.54) is 26.4 Å². The minimum absolute atomic E-state index is 0.0100. The summed E-state index contributed by atoms with van der Waals surface area (Å²) in [6.45, 7) is 0. The van der Waals surface area contributed by atoms with Crippen molar-refractivity contribution in [3.63, 3.8) is 0 Å². The molecule has 0 aliphatic heterocycles. The first-order valence-electron chi connectivity index (χ1n) is 6.43. The average molecular weight is 337 g/mol. The van der Waals surface area contributed by atoms with Crippen LogP contribution in [0.1, 0.15) is 10.4 Å². The van der Waals surface area contributed by atoms with Gasteiger partial charge in [-0.25, -0.2) is 0 Å². The molecule has 0 bridgehead atoms. The summed E-state index contributed by atoms with van der Waals surface area (Å²) >= 11 is 5.94. The monoisotopic (exact) mass is 336 g/mol. The maximum atomic E-state index is 12.3. The molecule has 120 valence electrons. The van der Waals surface area contributed by atoms with E-state index < -0.39 is 10.8 Å². The standard InChI is InChI=1S/C15H13ClN2O5/c1-22-10-4-6-13(14(8-10)23-2)17-15(19)11-5-3-9(18(20)21)7-12(11)16/h3-8H,1-2H3,(H,17,19). The summed E-state index contributed by atoms with van der Waals surface area (Å²) in [5.74, 6) is 0.484. The topological polar surface area (TPSA) is 90.7 Å². The Kier molecular flexibility index (Phi) is 5.02. The third-order valence-corrected chi connectivity index (χ3v) is 3.38. The number of carbonyl (C=O) groups is 1. The zero-order chi connectivity index (χ0) is 17.0. The number of ether oxygens (including phenoxy) is 2. The molecule has 0 saturated heterocycles. The van der Waals surface area contributed by atoms with Crippen molar-refractivity contribution in [2.75, 3.05) is 19.5 Å². The molecule has 0 spiro atoms. The van der Waals surface area contributed by atoms with Crippen LogP contribution in [0.3, 0.4) is 0 Å². The number of nitrogens with zero attached hydrogens (tertiary/aromatic N) is 1. The second-order valence-electron chi connectivity index (χ2n) is 4.44. The Labute approximate surface area is 136 Å². The van der Waals surface area contributed by atoms with Gasteiger partial charge in [0.1, 0.15) is 11.5 Å². The van der Waals surface area contributed by atoms with Gasteiger partial charge < -0.3 is 14.8 Å². The highest BCUT2D eigenvalue weighted by Gasteiger charge is 2.16. The molecule has 2 aromatic carbocycles. The number of nitro benzene ring substituents is 1. The van der Waals surface area contributed by atoms with Crippen molar-refractivity contribution < 1.29 is 19.2 Å². The van der Waals surface area contributed by atoms with Gasteiger partial charge in [0.15, 0.2) is 0 Å². The molecule has 0 radical (unpaired) electrons. The molecule has 2 aromatic rings. The first-order chi connectivity index (χ1) is 11.0. The van der Waals surface area contributed by atoms with Crippen LogP contribution >= 0.6 is 11.6 Å². The van der Waals surface area contributed by atoms with E-state index in [1.54, 1.807) is 18.2 Å². The lowest BCUT2D eigenvalue weighted by Crippen LogP contribution is -2.13. The molecular formula is C15H13ClN2O5. The molecule has 0 heterocycles. The van der Waals surface area contributed by atoms with E-state index in [0.29, 0.717) is 17.2 Å². The van der Waals surface area contributed by atoms with Crippen molar-refractivity contribution in [1.29, 1.82) is 0 Å². The van der Waals surface area contributed by atoms with Crippen molar-refractivity contribution >= 4 is 28.9 Å². The second kappa shape index (κ2) is 6.97. The van der Waals surface area contributed by atoms with Crippen LogP contribution in [-0.4, -0.2) is 25.1 Å². The van der Waals surface area contributed by atoms with Crippen molar-refractivity contribution in [3.05, 3.63) is 57.1 Å². The van der Waals surface area contributed by atoms with Crippen LogP contribution in [0.25, 0.3) is 0 Å². The van der Waals surface area contributed by atoms with Gasteiger partial charge in [-0.05, 0) is 18.2 Å². The van der Waals surface area contributed by atoms with E-state index in [1.807, 2.05) is 0 Å².